The van der Waals surface area contributed by atoms with E-state index >= 15 is 0 Å². The first kappa shape index (κ1) is 14.4. The Hall–Kier alpha value is -1.04. The highest BCUT2D eigenvalue weighted by Crippen LogP contribution is 2.32. The Bertz CT molecular complexity index is 453. The summed E-state index contributed by atoms with van der Waals surface area (Å²) in [4.78, 5) is 6.87. The van der Waals surface area contributed by atoms with E-state index < -0.39 is 17.2 Å². The van der Waals surface area contributed by atoms with Gasteiger partial charge in [0.05, 0.1) is 0 Å². The molecule has 1 aliphatic carbocycles. The molecule has 0 saturated heterocycles. The van der Waals surface area contributed by atoms with E-state index in [1.807, 2.05) is 6.92 Å². The molecule has 3 nitrogen and oxygen atoms in total. The molecule has 1 aromatic rings. The van der Waals surface area contributed by atoms with Gasteiger partial charge in [-0.3, -0.25) is 0 Å². The second-order valence-electron chi connectivity index (χ2n) is 4.78. The van der Waals surface area contributed by atoms with Gasteiger partial charge in [-0.15, -0.1) is 0 Å². The van der Waals surface area contributed by atoms with Gasteiger partial charge in [0.2, 0.25) is 11.2 Å². The molecule has 0 aromatic carbocycles. The van der Waals surface area contributed by atoms with E-state index in [9.17, 15) is 13.2 Å². The lowest BCUT2D eigenvalue weighted by Crippen LogP contribution is -2.28. The second-order valence-corrected chi connectivity index (χ2v) is 5.11. The van der Waals surface area contributed by atoms with Gasteiger partial charge in [-0.2, -0.15) is 18.2 Å². The summed E-state index contributed by atoms with van der Waals surface area (Å²) in [6.07, 6.45) is -0.692. The van der Waals surface area contributed by atoms with Crippen molar-refractivity contribution in [3.63, 3.8) is 0 Å². The van der Waals surface area contributed by atoms with Gasteiger partial charge in [0.1, 0.15) is 6.10 Å². The predicted octanol–water partition coefficient (Wildman–Crippen LogP) is 4.11. The maximum absolute atomic E-state index is 12.6. The summed E-state index contributed by atoms with van der Waals surface area (Å²) in [7, 11) is 0. The van der Waals surface area contributed by atoms with Crippen LogP contribution in [0.25, 0.3) is 0 Å². The third-order valence-electron chi connectivity index (χ3n) is 3.27. The first-order valence-electron chi connectivity index (χ1n) is 6.14. The summed E-state index contributed by atoms with van der Waals surface area (Å²) in [6, 6.07) is 0.799. The Morgan fingerprint density at radius 2 is 1.95 bits per heavy atom. The molecule has 19 heavy (non-hydrogen) atoms. The van der Waals surface area contributed by atoms with E-state index in [1.54, 1.807) is 0 Å². The average molecular weight is 295 g/mol. The minimum atomic E-state index is -4.55. The molecule has 1 fully saturated rings. The van der Waals surface area contributed by atoms with Gasteiger partial charge >= 0.3 is 6.18 Å². The predicted molar refractivity (Wildman–Crippen MR) is 64.1 cm³/mol. The SMILES string of the molecule is CC1CCCCC1Oc1cc(C(F)(F)F)nc(Cl)n1. The summed E-state index contributed by atoms with van der Waals surface area (Å²) in [5.74, 6) is 0.197. The van der Waals surface area contributed by atoms with Crippen molar-refractivity contribution in [2.45, 2.75) is 44.9 Å². The largest absolute Gasteiger partial charge is 0.474 e. The van der Waals surface area contributed by atoms with E-state index in [1.165, 1.54) is 0 Å². The van der Waals surface area contributed by atoms with Crippen LogP contribution in [0.15, 0.2) is 6.07 Å². The maximum atomic E-state index is 12.6. The zero-order chi connectivity index (χ0) is 14.0. The molecule has 1 heterocycles. The summed E-state index contributed by atoms with van der Waals surface area (Å²) in [5, 5.41) is -0.451. The van der Waals surface area contributed by atoms with E-state index in [2.05, 4.69) is 9.97 Å². The minimum absolute atomic E-state index is 0.105. The molecule has 106 valence electrons. The fourth-order valence-corrected chi connectivity index (χ4v) is 2.39. The number of rotatable bonds is 2. The number of hydrogen-bond acceptors (Lipinski definition) is 3. The van der Waals surface area contributed by atoms with Crippen LogP contribution in [0.3, 0.4) is 0 Å². The first-order valence-corrected chi connectivity index (χ1v) is 6.52. The van der Waals surface area contributed by atoms with Crippen molar-refractivity contribution in [1.82, 2.24) is 9.97 Å². The highest BCUT2D eigenvalue weighted by atomic mass is 35.5. The molecular weight excluding hydrogens is 281 g/mol. The highest BCUT2D eigenvalue weighted by Gasteiger charge is 2.34. The van der Waals surface area contributed by atoms with E-state index in [-0.39, 0.29) is 12.0 Å². The van der Waals surface area contributed by atoms with Crippen LogP contribution in [-0.2, 0) is 6.18 Å². The molecular formula is C12H14ClF3N2O. The molecule has 0 radical (unpaired) electrons. The molecule has 1 aromatic heterocycles. The van der Waals surface area contributed by atoms with Crippen LogP contribution in [0.1, 0.15) is 38.3 Å². The van der Waals surface area contributed by atoms with Crippen LogP contribution in [-0.4, -0.2) is 16.1 Å². The number of aromatic nitrogens is 2. The molecule has 0 aliphatic heterocycles. The van der Waals surface area contributed by atoms with Crippen molar-refractivity contribution in [3.8, 4) is 5.88 Å². The van der Waals surface area contributed by atoms with Gasteiger partial charge < -0.3 is 4.74 Å². The number of nitrogens with zero attached hydrogens (tertiary/aromatic N) is 2. The highest BCUT2D eigenvalue weighted by molar-refractivity contribution is 6.28. The molecule has 0 N–H and O–H groups in total. The molecule has 7 heteroatoms. The Kier molecular flexibility index (Phi) is 4.18. The molecule has 2 atom stereocenters. The monoisotopic (exact) mass is 294 g/mol. The van der Waals surface area contributed by atoms with Crippen LogP contribution in [0, 0.1) is 5.92 Å². The topological polar surface area (TPSA) is 35.0 Å². The lowest BCUT2D eigenvalue weighted by Gasteiger charge is -2.28. The molecule has 1 aliphatic rings. The van der Waals surface area contributed by atoms with Gasteiger partial charge in [-0.05, 0) is 36.8 Å². The summed E-state index contributed by atoms with van der Waals surface area (Å²) >= 11 is 5.51. The van der Waals surface area contributed by atoms with Crippen molar-refractivity contribution < 1.29 is 17.9 Å². The molecule has 2 unspecified atom stereocenters. The van der Waals surface area contributed by atoms with Crippen molar-refractivity contribution in [2.75, 3.05) is 0 Å². The van der Waals surface area contributed by atoms with E-state index in [4.69, 9.17) is 16.3 Å². The summed E-state index contributed by atoms with van der Waals surface area (Å²) < 4.78 is 43.3. The number of ether oxygens (including phenoxy) is 1. The minimum Gasteiger partial charge on any atom is -0.474 e. The lowest BCUT2D eigenvalue weighted by atomic mass is 9.88. The van der Waals surface area contributed by atoms with Crippen molar-refractivity contribution in [3.05, 3.63) is 17.0 Å². The molecule has 2 rings (SSSR count). The number of halogens is 4. The van der Waals surface area contributed by atoms with E-state index in [0.717, 1.165) is 31.7 Å². The quantitative estimate of drug-likeness (QED) is 0.770. The number of alkyl halides is 3. The van der Waals surface area contributed by atoms with Crippen LogP contribution < -0.4 is 4.74 Å². The maximum Gasteiger partial charge on any atom is 0.433 e. The lowest BCUT2D eigenvalue weighted by molar-refractivity contribution is -0.141. The molecule has 0 spiro atoms. The van der Waals surface area contributed by atoms with Gasteiger partial charge in [0.15, 0.2) is 5.69 Å². The van der Waals surface area contributed by atoms with Crippen molar-refractivity contribution >= 4 is 11.6 Å². The second kappa shape index (κ2) is 5.53. The van der Waals surface area contributed by atoms with Crippen LogP contribution in [0.2, 0.25) is 5.28 Å². The smallest absolute Gasteiger partial charge is 0.433 e. The van der Waals surface area contributed by atoms with Gasteiger partial charge in [0, 0.05) is 6.07 Å². The molecule has 0 bridgehead atoms. The Morgan fingerprint density at radius 3 is 2.58 bits per heavy atom. The van der Waals surface area contributed by atoms with Crippen LogP contribution in [0.4, 0.5) is 13.2 Å². The Labute approximate surface area is 114 Å². The van der Waals surface area contributed by atoms with Crippen LogP contribution in [0.5, 0.6) is 5.88 Å². The first-order chi connectivity index (χ1) is 8.86. The Morgan fingerprint density at radius 1 is 1.26 bits per heavy atom. The summed E-state index contributed by atoms with van der Waals surface area (Å²) in [6.45, 7) is 2.03. The zero-order valence-corrected chi connectivity index (χ0v) is 11.1. The summed E-state index contributed by atoms with van der Waals surface area (Å²) in [5.41, 5.74) is -1.08. The van der Waals surface area contributed by atoms with Crippen molar-refractivity contribution in [2.24, 2.45) is 5.92 Å². The van der Waals surface area contributed by atoms with E-state index in [0.29, 0.717) is 5.92 Å². The third-order valence-corrected chi connectivity index (χ3v) is 3.44. The van der Waals surface area contributed by atoms with Gasteiger partial charge in [-0.1, -0.05) is 13.3 Å². The fraction of sp³-hybridized carbons (Fsp3) is 0.667. The average Bonchev–Trinajstić information content (AvgIpc) is 2.30. The standard InChI is InChI=1S/C12H14ClF3N2O/c1-7-4-2-3-5-8(7)19-10-6-9(12(14,15)16)17-11(13)18-10/h6-8H,2-5H2,1H3. The Balaban J connectivity index is 2.18. The van der Waals surface area contributed by atoms with Crippen molar-refractivity contribution in [1.29, 1.82) is 0 Å². The number of hydrogen-bond donors (Lipinski definition) is 0. The zero-order valence-electron chi connectivity index (χ0n) is 10.4. The van der Waals surface area contributed by atoms with Gasteiger partial charge in [-0.25, -0.2) is 4.98 Å². The van der Waals surface area contributed by atoms with Gasteiger partial charge in [0.25, 0.3) is 0 Å². The normalized spacial score (nSPS) is 24.3. The van der Waals surface area contributed by atoms with Crippen LogP contribution >= 0.6 is 11.6 Å². The third kappa shape index (κ3) is 3.72. The fourth-order valence-electron chi connectivity index (χ4n) is 2.21. The molecule has 0 amide bonds. The molecule has 1 saturated carbocycles.